The average Bonchev–Trinajstić information content (AvgIpc) is 2.35. The van der Waals surface area contributed by atoms with Crippen molar-refractivity contribution in [2.45, 2.75) is 25.6 Å². The smallest absolute Gasteiger partial charge is 0.126 e. The fraction of sp³-hybridized carbons (Fsp3) is 0.250. The summed E-state index contributed by atoms with van der Waals surface area (Å²) in [6, 6.07) is 11.7. The maximum Gasteiger partial charge on any atom is 0.126 e. The van der Waals surface area contributed by atoms with Crippen molar-refractivity contribution in [3.63, 3.8) is 0 Å². The molecule has 0 aromatic heterocycles. The number of halogens is 2. The molecule has 2 aromatic rings. The van der Waals surface area contributed by atoms with Crippen molar-refractivity contribution in [2.24, 2.45) is 0 Å². The topological polar surface area (TPSA) is 0 Å². The summed E-state index contributed by atoms with van der Waals surface area (Å²) >= 11 is 3.67. The second kappa shape index (κ2) is 5.23. The normalized spacial score (nSPS) is 12.5. The van der Waals surface area contributed by atoms with Crippen molar-refractivity contribution < 1.29 is 4.39 Å². The molecular weight excluding hydrogens is 291 g/mol. The second-order valence-electron chi connectivity index (χ2n) is 4.73. The predicted molar refractivity (Wildman–Crippen MR) is 77.8 cm³/mol. The lowest BCUT2D eigenvalue weighted by atomic mass is 9.98. The zero-order chi connectivity index (χ0) is 13.3. The van der Waals surface area contributed by atoms with Crippen molar-refractivity contribution >= 4 is 15.9 Å². The Morgan fingerprint density at radius 2 is 1.61 bits per heavy atom. The molecule has 2 heteroatoms. The van der Waals surface area contributed by atoms with Crippen LogP contribution in [0.2, 0.25) is 0 Å². The van der Waals surface area contributed by atoms with E-state index in [-0.39, 0.29) is 10.6 Å². The Morgan fingerprint density at radius 3 is 2.28 bits per heavy atom. The second-order valence-corrected chi connectivity index (χ2v) is 5.65. The number of rotatable bonds is 2. The van der Waals surface area contributed by atoms with Crippen LogP contribution in [0.4, 0.5) is 4.39 Å². The van der Waals surface area contributed by atoms with Crippen LogP contribution in [-0.4, -0.2) is 0 Å². The molecule has 0 radical (unpaired) electrons. The molecule has 0 N–H and O–H groups in total. The highest BCUT2D eigenvalue weighted by Gasteiger charge is 2.14. The number of alkyl halides is 1. The molecule has 0 aliphatic carbocycles. The molecule has 0 heterocycles. The van der Waals surface area contributed by atoms with E-state index < -0.39 is 0 Å². The SMILES string of the molecule is Cc1ccc(C)c(C(Br)c2ccc(C)c(F)c2)c1. The van der Waals surface area contributed by atoms with Crippen molar-refractivity contribution in [1.82, 2.24) is 0 Å². The van der Waals surface area contributed by atoms with E-state index in [2.05, 4.69) is 48.0 Å². The first-order valence-electron chi connectivity index (χ1n) is 5.96. The predicted octanol–water partition coefficient (Wildman–Crippen LogP) is 5.24. The van der Waals surface area contributed by atoms with Crippen molar-refractivity contribution in [2.75, 3.05) is 0 Å². The highest BCUT2D eigenvalue weighted by atomic mass is 79.9. The third-order valence-electron chi connectivity index (χ3n) is 3.20. The van der Waals surface area contributed by atoms with Crippen LogP contribution in [0.3, 0.4) is 0 Å². The molecule has 1 unspecified atom stereocenters. The summed E-state index contributed by atoms with van der Waals surface area (Å²) in [4.78, 5) is 0.0347. The Bertz CT molecular complexity index is 575. The van der Waals surface area contributed by atoms with E-state index >= 15 is 0 Å². The molecule has 18 heavy (non-hydrogen) atoms. The molecule has 0 fully saturated rings. The first-order chi connectivity index (χ1) is 8.49. The van der Waals surface area contributed by atoms with E-state index in [9.17, 15) is 4.39 Å². The minimum absolute atomic E-state index is 0.0347. The van der Waals surface area contributed by atoms with Crippen LogP contribution in [0, 0.1) is 26.6 Å². The van der Waals surface area contributed by atoms with Gasteiger partial charge in [-0.3, -0.25) is 0 Å². The standard InChI is InChI=1S/C16H16BrF/c1-10-4-5-11(2)14(8-10)16(17)13-7-6-12(3)15(18)9-13/h4-9,16H,1-3H3. The van der Waals surface area contributed by atoms with E-state index in [1.54, 1.807) is 13.0 Å². The lowest BCUT2D eigenvalue weighted by Crippen LogP contribution is -1.98. The van der Waals surface area contributed by atoms with Gasteiger partial charge >= 0.3 is 0 Å². The van der Waals surface area contributed by atoms with Crippen LogP contribution >= 0.6 is 15.9 Å². The van der Waals surface area contributed by atoms with Gasteiger partial charge in [0.15, 0.2) is 0 Å². The molecule has 0 bridgehead atoms. The van der Waals surface area contributed by atoms with Gasteiger partial charge in [-0.25, -0.2) is 4.39 Å². The van der Waals surface area contributed by atoms with Crippen molar-refractivity contribution in [3.8, 4) is 0 Å². The van der Waals surface area contributed by atoms with Gasteiger partial charge in [-0.1, -0.05) is 51.8 Å². The van der Waals surface area contributed by atoms with Gasteiger partial charge in [0.2, 0.25) is 0 Å². The Morgan fingerprint density at radius 1 is 0.944 bits per heavy atom. The van der Waals surface area contributed by atoms with Crippen LogP contribution < -0.4 is 0 Å². The van der Waals surface area contributed by atoms with Crippen LogP contribution in [-0.2, 0) is 0 Å². The Hall–Kier alpha value is -1.15. The number of hydrogen-bond donors (Lipinski definition) is 0. The van der Waals surface area contributed by atoms with Gasteiger partial charge in [0.25, 0.3) is 0 Å². The van der Waals surface area contributed by atoms with Crippen molar-refractivity contribution in [1.29, 1.82) is 0 Å². The third-order valence-corrected chi connectivity index (χ3v) is 4.22. The zero-order valence-electron chi connectivity index (χ0n) is 10.8. The van der Waals surface area contributed by atoms with Gasteiger partial charge in [0.05, 0.1) is 4.83 Å². The molecule has 2 aromatic carbocycles. The van der Waals surface area contributed by atoms with E-state index in [0.717, 1.165) is 5.56 Å². The third kappa shape index (κ3) is 2.64. The summed E-state index contributed by atoms with van der Waals surface area (Å²) < 4.78 is 13.6. The minimum Gasteiger partial charge on any atom is -0.207 e. The summed E-state index contributed by atoms with van der Waals surface area (Å²) in [7, 11) is 0. The number of aryl methyl sites for hydroxylation is 3. The molecule has 0 saturated carbocycles. The quantitative estimate of drug-likeness (QED) is 0.666. The molecule has 2 rings (SSSR count). The number of hydrogen-bond acceptors (Lipinski definition) is 0. The van der Waals surface area contributed by atoms with Crippen LogP contribution in [0.15, 0.2) is 36.4 Å². The molecule has 0 amide bonds. The lowest BCUT2D eigenvalue weighted by molar-refractivity contribution is 0.616. The molecule has 1 atom stereocenters. The van der Waals surface area contributed by atoms with Gasteiger partial charge in [-0.2, -0.15) is 0 Å². The average molecular weight is 307 g/mol. The summed E-state index contributed by atoms with van der Waals surface area (Å²) in [5.41, 5.74) is 5.25. The molecule has 0 aliphatic rings. The first kappa shape index (κ1) is 13.3. The highest BCUT2D eigenvalue weighted by molar-refractivity contribution is 9.09. The number of benzene rings is 2. The molecule has 0 saturated heterocycles. The molecule has 94 valence electrons. The van der Waals surface area contributed by atoms with E-state index in [1.165, 1.54) is 16.7 Å². The maximum atomic E-state index is 13.6. The first-order valence-corrected chi connectivity index (χ1v) is 6.88. The maximum absolute atomic E-state index is 13.6. The van der Waals surface area contributed by atoms with Crippen LogP contribution in [0.1, 0.15) is 32.6 Å². The van der Waals surface area contributed by atoms with E-state index in [1.807, 2.05) is 12.1 Å². The zero-order valence-corrected chi connectivity index (χ0v) is 12.4. The monoisotopic (exact) mass is 306 g/mol. The summed E-state index contributed by atoms with van der Waals surface area (Å²) in [5.74, 6) is -0.151. The largest absolute Gasteiger partial charge is 0.207 e. The van der Waals surface area contributed by atoms with Gasteiger partial charge in [-0.15, -0.1) is 0 Å². The summed E-state index contributed by atoms with van der Waals surface area (Å²) in [5, 5.41) is 0. The van der Waals surface area contributed by atoms with Crippen LogP contribution in [0.5, 0.6) is 0 Å². The van der Waals surface area contributed by atoms with Crippen molar-refractivity contribution in [3.05, 3.63) is 70.0 Å². The summed E-state index contributed by atoms with van der Waals surface area (Å²) in [6.45, 7) is 5.92. The molecular formula is C16H16BrF. The fourth-order valence-corrected chi connectivity index (χ4v) is 2.76. The summed E-state index contributed by atoms with van der Waals surface area (Å²) in [6.07, 6.45) is 0. The van der Waals surface area contributed by atoms with Gasteiger partial charge in [0, 0.05) is 0 Å². The van der Waals surface area contributed by atoms with E-state index in [4.69, 9.17) is 0 Å². The molecule has 0 nitrogen and oxygen atoms in total. The van der Waals surface area contributed by atoms with Gasteiger partial charge in [-0.05, 0) is 49.1 Å². The molecule has 0 spiro atoms. The van der Waals surface area contributed by atoms with Gasteiger partial charge < -0.3 is 0 Å². The van der Waals surface area contributed by atoms with Crippen LogP contribution in [0.25, 0.3) is 0 Å². The Labute approximate surface area is 116 Å². The fourth-order valence-electron chi connectivity index (χ4n) is 1.98. The van der Waals surface area contributed by atoms with Gasteiger partial charge in [0.1, 0.15) is 5.82 Å². The Balaban J connectivity index is 2.44. The Kier molecular flexibility index (Phi) is 3.86. The minimum atomic E-state index is -0.151. The molecule has 0 aliphatic heterocycles. The highest BCUT2D eigenvalue weighted by Crippen LogP contribution is 2.33. The van der Waals surface area contributed by atoms with E-state index in [0.29, 0.717) is 5.56 Å². The lowest BCUT2D eigenvalue weighted by Gasteiger charge is -2.15.